The minimum Gasteiger partial charge on any atom is -0.473 e. The summed E-state index contributed by atoms with van der Waals surface area (Å²) in [7, 11) is 3.48. The number of rotatable bonds is 4. The first-order valence-corrected chi connectivity index (χ1v) is 4.34. The quantitative estimate of drug-likeness (QED) is 0.736. The van der Waals surface area contributed by atoms with E-state index in [1.54, 1.807) is 11.8 Å². The molecule has 68 valence electrons. The van der Waals surface area contributed by atoms with Crippen LogP contribution in [0.25, 0.3) is 0 Å². The van der Waals surface area contributed by atoms with Crippen molar-refractivity contribution in [1.82, 2.24) is 9.78 Å². The third-order valence-electron chi connectivity index (χ3n) is 1.28. The topological polar surface area (TPSA) is 36.3 Å². The van der Waals surface area contributed by atoms with Gasteiger partial charge in [-0.2, -0.15) is 0 Å². The van der Waals surface area contributed by atoms with Crippen molar-refractivity contribution in [3.05, 3.63) is 10.7 Å². The molecule has 1 aromatic heterocycles. The van der Waals surface area contributed by atoms with Crippen molar-refractivity contribution in [2.24, 2.45) is 7.05 Å². The zero-order valence-corrected chi connectivity index (χ0v) is 8.67. The number of halogens is 1. The maximum atomic E-state index is 5.29. The Bertz CT molecular complexity index is 250. The van der Waals surface area contributed by atoms with Crippen LogP contribution in [0.1, 0.15) is 0 Å². The molecule has 0 aliphatic heterocycles. The summed E-state index contributed by atoms with van der Waals surface area (Å²) in [6.45, 7) is 1.09. The SMILES string of the molecule is COCCOc1nn(C)cc1Br. The standard InChI is InChI=1S/C7H11BrN2O2/c1-10-5-6(8)7(9-10)12-4-3-11-2/h5H,3-4H2,1-2H3. The Labute approximate surface area is 79.6 Å². The zero-order valence-electron chi connectivity index (χ0n) is 7.08. The monoisotopic (exact) mass is 234 g/mol. The maximum Gasteiger partial charge on any atom is 0.247 e. The van der Waals surface area contributed by atoms with E-state index in [4.69, 9.17) is 9.47 Å². The van der Waals surface area contributed by atoms with Crippen LogP contribution >= 0.6 is 15.9 Å². The minimum atomic E-state index is 0.520. The number of methoxy groups -OCH3 is 1. The molecule has 0 bridgehead atoms. The normalized spacial score (nSPS) is 10.2. The molecule has 1 heterocycles. The lowest BCUT2D eigenvalue weighted by Crippen LogP contribution is -2.05. The summed E-state index contributed by atoms with van der Waals surface area (Å²) in [6, 6.07) is 0. The lowest BCUT2D eigenvalue weighted by Gasteiger charge is -2.00. The van der Waals surface area contributed by atoms with Crippen LogP contribution in [0.3, 0.4) is 0 Å². The molecule has 0 amide bonds. The van der Waals surface area contributed by atoms with E-state index in [0.29, 0.717) is 19.1 Å². The Morgan fingerprint density at radius 3 is 2.83 bits per heavy atom. The number of aryl methyl sites for hydroxylation is 1. The van der Waals surface area contributed by atoms with Crippen LogP contribution in [0.15, 0.2) is 10.7 Å². The highest BCUT2D eigenvalue weighted by Gasteiger charge is 2.04. The maximum absolute atomic E-state index is 5.29. The van der Waals surface area contributed by atoms with Gasteiger partial charge in [0.1, 0.15) is 6.61 Å². The van der Waals surface area contributed by atoms with Gasteiger partial charge in [-0.25, -0.2) is 0 Å². The van der Waals surface area contributed by atoms with Crippen LogP contribution < -0.4 is 4.74 Å². The van der Waals surface area contributed by atoms with Crippen molar-refractivity contribution in [2.45, 2.75) is 0 Å². The van der Waals surface area contributed by atoms with Crippen molar-refractivity contribution >= 4 is 15.9 Å². The van der Waals surface area contributed by atoms with Crippen LogP contribution in [0.5, 0.6) is 5.88 Å². The molecule has 0 N–H and O–H groups in total. The molecule has 0 saturated heterocycles. The fourth-order valence-electron chi connectivity index (χ4n) is 0.759. The summed E-state index contributed by atoms with van der Waals surface area (Å²) in [4.78, 5) is 0. The summed E-state index contributed by atoms with van der Waals surface area (Å²) in [5.41, 5.74) is 0. The van der Waals surface area contributed by atoms with E-state index in [-0.39, 0.29) is 0 Å². The first kappa shape index (κ1) is 9.54. The highest BCUT2D eigenvalue weighted by Crippen LogP contribution is 2.21. The fourth-order valence-corrected chi connectivity index (χ4v) is 1.25. The molecule has 0 aliphatic carbocycles. The van der Waals surface area contributed by atoms with Gasteiger partial charge in [0.2, 0.25) is 5.88 Å². The minimum absolute atomic E-state index is 0.520. The molecule has 4 nitrogen and oxygen atoms in total. The molecule has 0 aliphatic rings. The largest absolute Gasteiger partial charge is 0.473 e. The van der Waals surface area contributed by atoms with Gasteiger partial charge in [0.15, 0.2) is 0 Å². The van der Waals surface area contributed by atoms with Gasteiger partial charge in [-0.05, 0) is 15.9 Å². The Morgan fingerprint density at radius 2 is 2.33 bits per heavy atom. The van der Waals surface area contributed by atoms with Crippen molar-refractivity contribution in [1.29, 1.82) is 0 Å². The second-order valence-electron chi connectivity index (χ2n) is 2.30. The number of ether oxygens (including phenoxy) is 2. The molecular weight excluding hydrogens is 224 g/mol. The average Bonchev–Trinajstić information content (AvgIpc) is 2.31. The van der Waals surface area contributed by atoms with Crippen molar-refractivity contribution < 1.29 is 9.47 Å². The summed E-state index contributed by atoms with van der Waals surface area (Å²) < 4.78 is 12.7. The van der Waals surface area contributed by atoms with Gasteiger partial charge in [0.25, 0.3) is 0 Å². The molecule has 12 heavy (non-hydrogen) atoms. The van der Waals surface area contributed by atoms with Gasteiger partial charge >= 0.3 is 0 Å². The van der Waals surface area contributed by atoms with Gasteiger partial charge < -0.3 is 9.47 Å². The Hall–Kier alpha value is -0.550. The Kier molecular flexibility index (Phi) is 3.55. The lowest BCUT2D eigenvalue weighted by molar-refractivity contribution is 0.143. The van der Waals surface area contributed by atoms with Crippen molar-refractivity contribution in [3.8, 4) is 5.88 Å². The molecule has 1 rings (SSSR count). The van der Waals surface area contributed by atoms with Crippen LogP contribution in [-0.4, -0.2) is 30.1 Å². The van der Waals surface area contributed by atoms with Gasteiger partial charge in [0, 0.05) is 20.4 Å². The second-order valence-corrected chi connectivity index (χ2v) is 3.15. The third kappa shape index (κ3) is 2.49. The molecule has 0 radical (unpaired) electrons. The van der Waals surface area contributed by atoms with Gasteiger partial charge in [-0.3, -0.25) is 4.68 Å². The number of hydrogen-bond donors (Lipinski definition) is 0. The second kappa shape index (κ2) is 4.47. The number of nitrogens with zero attached hydrogens (tertiary/aromatic N) is 2. The van der Waals surface area contributed by atoms with E-state index in [2.05, 4.69) is 21.0 Å². The van der Waals surface area contributed by atoms with E-state index in [9.17, 15) is 0 Å². The Balaban J connectivity index is 2.45. The van der Waals surface area contributed by atoms with E-state index in [0.717, 1.165) is 4.47 Å². The van der Waals surface area contributed by atoms with Gasteiger partial charge in [0.05, 0.1) is 11.1 Å². The predicted octanol–water partition coefficient (Wildman–Crippen LogP) is 1.21. The molecule has 0 saturated carbocycles. The molecule has 0 unspecified atom stereocenters. The van der Waals surface area contributed by atoms with Gasteiger partial charge in [-0.15, -0.1) is 5.10 Å². The molecular formula is C7H11BrN2O2. The van der Waals surface area contributed by atoms with Crippen molar-refractivity contribution in [3.63, 3.8) is 0 Å². The third-order valence-corrected chi connectivity index (χ3v) is 1.82. The smallest absolute Gasteiger partial charge is 0.247 e. The van der Waals surface area contributed by atoms with Crippen LogP contribution in [0, 0.1) is 0 Å². The summed E-state index contributed by atoms with van der Waals surface area (Å²) in [6.07, 6.45) is 1.84. The average molecular weight is 235 g/mol. The van der Waals surface area contributed by atoms with Crippen molar-refractivity contribution in [2.75, 3.05) is 20.3 Å². The molecule has 1 aromatic rings. The number of aromatic nitrogens is 2. The zero-order chi connectivity index (χ0) is 8.97. The molecule has 0 aromatic carbocycles. The molecule has 0 fully saturated rings. The first-order chi connectivity index (χ1) is 5.74. The lowest BCUT2D eigenvalue weighted by atomic mass is 10.7. The van der Waals surface area contributed by atoms with Crippen LogP contribution in [-0.2, 0) is 11.8 Å². The molecule has 5 heteroatoms. The van der Waals surface area contributed by atoms with E-state index in [1.165, 1.54) is 0 Å². The summed E-state index contributed by atoms with van der Waals surface area (Å²) in [5, 5.41) is 4.07. The summed E-state index contributed by atoms with van der Waals surface area (Å²) >= 11 is 3.32. The van der Waals surface area contributed by atoms with Crippen LogP contribution in [0.2, 0.25) is 0 Å². The van der Waals surface area contributed by atoms with Gasteiger partial charge in [-0.1, -0.05) is 0 Å². The molecule has 0 spiro atoms. The molecule has 0 atom stereocenters. The van der Waals surface area contributed by atoms with E-state index in [1.807, 2.05) is 13.2 Å². The van der Waals surface area contributed by atoms with Crippen LogP contribution in [0.4, 0.5) is 0 Å². The number of hydrogen-bond acceptors (Lipinski definition) is 3. The Morgan fingerprint density at radius 1 is 1.58 bits per heavy atom. The van der Waals surface area contributed by atoms with E-state index < -0.39 is 0 Å². The fraction of sp³-hybridized carbons (Fsp3) is 0.571. The van der Waals surface area contributed by atoms with E-state index >= 15 is 0 Å². The summed E-state index contributed by atoms with van der Waals surface area (Å²) in [5.74, 6) is 0.606. The highest BCUT2D eigenvalue weighted by atomic mass is 79.9. The highest BCUT2D eigenvalue weighted by molar-refractivity contribution is 9.10. The predicted molar refractivity (Wildman–Crippen MR) is 48.3 cm³/mol. The first-order valence-electron chi connectivity index (χ1n) is 3.55.